The van der Waals surface area contributed by atoms with Crippen molar-refractivity contribution in [2.45, 2.75) is 46.0 Å². The fourth-order valence-electron chi connectivity index (χ4n) is 5.17. The minimum atomic E-state index is 0.337. The molecule has 5 rings (SSSR count). The number of carbonyl (C=O) groups excluding carboxylic acids is 1. The van der Waals surface area contributed by atoms with Crippen molar-refractivity contribution in [3.8, 4) is 0 Å². The van der Waals surface area contributed by atoms with Gasteiger partial charge in [0, 0.05) is 12.3 Å². The molecule has 5 fully saturated rings. The van der Waals surface area contributed by atoms with Gasteiger partial charge in [0.1, 0.15) is 5.78 Å². The third-order valence-corrected chi connectivity index (χ3v) is 6.17. The van der Waals surface area contributed by atoms with Crippen molar-refractivity contribution in [2.75, 3.05) is 0 Å². The predicted octanol–water partition coefficient (Wildman–Crippen LogP) is 3.59. The number of rotatable bonds is 3. The second kappa shape index (κ2) is 3.00. The highest BCUT2D eigenvalue weighted by atomic mass is 16.1. The van der Waals surface area contributed by atoms with Crippen LogP contribution in [0.15, 0.2) is 12.7 Å². The van der Waals surface area contributed by atoms with Crippen molar-refractivity contribution in [2.24, 2.45) is 28.6 Å². The molecule has 1 heteroatoms. The summed E-state index contributed by atoms with van der Waals surface area (Å²) in [5.41, 5.74) is 0.716. The lowest BCUT2D eigenvalue weighted by Gasteiger charge is -2.73. The zero-order chi connectivity index (χ0) is 11.6. The van der Waals surface area contributed by atoms with Gasteiger partial charge < -0.3 is 0 Å². The fraction of sp³-hybridized carbons (Fsp3) is 0.800. The number of fused-ring (bicyclic) bond motifs is 1. The molecule has 0 aliphatic heterocycles. The molecule has 0 heterocycles. The maximum absolute atomic E-state index is 12.1. The third-order valence-electron chi connectivity index (χ3n) is 6.17. The molecule has 5 aliphatic carbocycles. The van der Waals surface area contributed by atoms with E-state index in [1.54, 1.807) is 0 Å². The molecule has 4 atom stereocenters. The van der Waals surface area contributed by atoms with Crippen molar-refractivity contribution in [3.63, 3.8) is 0 Å². The molecule has 88 valence electrons. The summed E-state index contributed by atoms with van der Waals surface area (Å²) in [5.74, 6) is 2.39. The van der Waals surface area contributed by atoms with Crippen LogP contribution in [0.1, 0.15) is 46.0 Å². The van der Waals surface area contributed by atoms with Gasteiger partial charge in [0.25, 0.3) is 0 Å². The first kappa shape index (κ1) is 10.6. The second-order valence-corrected chi connectivity index (χ2v) is 6.75. The zero-order valence-corrected chi connectivity index (χ0v) is 10.5. The van der Waals surface area contributed by atoms with Crippen LogP contribution in [0.2, 0.25) is 0 Å². The molecule has 16 heavy (non-hydrogen) atoms. The van der Waals surface area contributed by atoms with Gasteiger partial charge >= 0.3 is 0 Å². The zero-order valence-electron chi connectivity index (χ0n) is 10.5. The lowest BCUT2D eigenvalue weighted by Crippen LogP contribution is -2.69. The molecule has 5 saturated carbocycles. The third kappa shape index (κ3) is 0.959. The summed E-state index contributed by atoms with van der Waals surface area (Å²) in [5, 5.41) is 0. The number of carbonyl (C=O) groups is 1. The van der Waals surface area contributed by atoms with Crippen molar-refractivity contribution >= 4 is 5.78 Å². The average Bonchev–Trinajstić information content (AvgIpc) is 2.16. The lowest BCUT2D eigenvalue weighted by molar-refractivity contribution is -0.236. The summed E-state index contributed by atoms with van der Waals surface area (Å²) in [6.45, 7) is 8.66. The van der Waals surface area contributed by atoms with E-state index in [2.05, 4.69) is 20.4 Å². The van der Waals surface area contributed by atoms with Crippen molar-refractivity contribution in [3.05, 3.63) is 12.7 Å². The van der Waals surface area contributed by atoms with Crippen LogP contribution in [-0.2, 0) is 4.79 Å². The van der Waals surface area contributed by atoms with Gasteiger partial charge in [-0.1, -0.05) is 19.9 Å². The monoisotopic (exact) mass is 218 g/mol. The van der Waals surface area contributed by atoms with E-state index in [1.807, 2.05) is 6.08 Å². The van der Waals surface area contributed by atoms with Gasteiger partial charge in [-0.25, -0.2) is 0 Å². The first-order valence-corrected chi connectivity index (χ1v) is 6.66. The fourth-order valence-corrected chi connectivity index (χ4v) is 5.17. The minimum Gasteiger partial charge on any atom is -0.299 e. The van der Waals surface area contributed by atoms with Gasteiger partial charge in [0.05, 0.1) is 0 Å². The van der Waals surface area contributed by atoms with E-state index in [4.69, 9.17) is 0 Å². The van der Waals surface area contributed by atoms with Gasteiger partial charge in [0.2, 0.25) is 0 Å². The minimum absolute atomic E-state index is 0.337. The van der Waals surface area contributed by atoms with Gasteiger partial charge in [-0.3, -0.25) is 4.79 Å². The highest BCUT2D eigenvalue weighted by Gasteiger charge is 2.71. The lowest BCUT2D eigenvalue weighted by atomic mass is 9.30. The van der Waals surface area contributed by atoms with Gasteiger partial charge in [-0.05, 0) is 48.3 Å². The van der Waals surface area contributed by atoms with E-state index < -0.39 is 0 Å². The summed E-state index contributed by atoms with van der Waals surface area (Å²) >= 11 is 0. The summed E-state index contributed by atoms with van der Waals surface area (Å²) < 4.78 is 0. The van der Waals surface area contributed by atoms with Crippen LogP contribution < -0.4 is 0 Å². The first-order chi connectivity index (χ1) is 7.53. The molecule has 0 aromatic carbocycles. The standard InChI is InChI=1S/C15H22O/c1-4-5-6-15-9-10-7-11(14(15,2)3)8-12(16)13(10)15/h4,10-11,13H,1,5-9H2,2-3H3. The number of hydrogen-bond donors (Lipinski definition) is 0. The Hall–Kier alpha value is -0.590. The largest absolute Gasteiger partial charge is 0.299 e. The van der Waals surface area contributed by atoms with Crippen LogP contribution in [0.4, 0.5) is 0 Å². The Kier molecular flexibility index (Phi) is 1.98. The number of Topliss-reactive ketones (excluding diaryl/α,β-unsaturated/α-hetero) is 1. The smallest absolute Gasteiger partial charge is 0.137 e. The molecule has 0 aromatic rings. The normalized spacial score (nSPS) is 47.6. The second-order valence-electron chi connectivity index (χ2n) is 6.75. The Morgan fingerprint density at radius 2 is 2.25 bits per heavy atom. The Bertz CT molecular complexity index is 354. The average molecular weight is 218 g/mol. The maximum Gasteiger partial charge on any atom is 0.137 e. The van der Waals surface area contributed by atoms with Crippen molar-refractivity contribution in [1.82, 2.24) is 0 Å². The predicted molar refractivity (Wildman–Crippen MR) is 65.0 cm³/mol. The Labute approximate surface area is 98.3 Å². The van der Waals surface area contributed by atoms with E-state index in [0.717, 1.165) is 18.8 Å². The van der Waals surface area contributed by atoms with E-state index in [1.165, 1.54) is 19.3 Å². The van der Waals surface area contributed by atoms with Gasteiger partial charge in [0.15, 0.2) is 0 Å². The van der Waals surface area contributed by atoms with Crippen molar-refractivity contribution < 1.29 is 4.79 Å². The molecule has 0 N–H and O–H groups in total. The van der Waals surface area contributed by atoms with Crippen LogP contribution in [0.5, 0.6) is 0 Å². The van der Waals surface area contributed by atoms with Crippen LogP contribution in [0, 0.1) is 28.6 Å². The SMILES string of the molecule is C=CCCC12CC3CC(CC(=O)C31)C2(C)C. The van der Waals surface area contributed by atoms with Crippen LogP contribution in [-0.4, -0.2) is 5.78 Å². The highest BCUT2D eigenvalue weighted by molar-refractivity contribution is 5.86. The quantitative estimate of drug-likeness (QED) is 0.662. The molecule has 0 saturated heterocycles. The maximum atomic E-state index is 12.1. The topological polar surface area (TPSA) is 17.1 Å². The summed E-state index contributed by atoms with van der Waals surface area (Å²) in [6.07, 6.45) is 7.77. The molecular weight excluding hydrogens is 196 g/mol. The van der Waals surface area contributed by atoms with Crippen LogP contribution in [0.25, 0.3) is 0 Å². The molecule has 0 aromatic heterocycles. The Balaban J connectivity index is 1.97. The summed E-state index contributed by atoms with van der Waals surface area (Å²) in [6, 6.07) is 0. The van der Waals surface area contributed by atoms with E-state index in [9.17, 15) is 4.79 Å². The van der Waals surface area contributed by atoms with Gasteiger partial charge in [-0.2, -0.15) is 0 Å². The van der Waals surface area contributed by atoms with Crippen molar-refractivity contribution in [1.29, 1.82) is 0 Å². The van der Waals surface area contributed by atoms with E-state index >= 15 is 0 Å². The highest BCUT2D eigenvalue weighted by Crippen LogP contribution is 2.75. The molecular formula is C15H22O. The number of allylic oxidation sites excluding steroid dienone is 1. The molecule has 0 radical (unpaired) electrons. The molecule has 5 aliphatic rings. The Morgan fingerprint density at radius 1 is 1.50 bits per heavy atom. The van der Waals surface area contributed by atoms with E-state index in [0.29, 0.717) is 28.4 Å². The number of ketones is 1. The van der Waals surface area contributed by atoms with Crippen LogP contribution >= 0.6 is 0 Å². The molecule has 4 unspecified atom stereocenters. The van der Waals surface area contributed by atoms with Crippen LogP contribution in [0.3, 0.4) is 0 Å². The van der Waals surface area contributed by atoms with E-state index in [-0.39, 0.29) is 0 Å². The van der Waals surface area contributed by atoms with Gasteiger partial charge in [-0.15, -0.1) is 6.58 Å². The summed E-state index contributed by atoms with van der Waals surface area (Å²) in [7, 11) is 0. The molecule has 0 spiro atoms. The summed E-state index contributed by atoms with van der Waals surface area (Å²) in [4.78, 5) is 12.1. The molecule has 1 nitrogen and oxygen atoms in total. The Morgan fingerprint density at radius 3 is 2.88 bits per heavy atom. The number of hydrogen-bond acceptors (Lipinski definition) is 1. The molecule has 4 bridgehead atoms. The molecule has 0 amide bonds. The first-order valence-electron chi connectivity index (χ1n) is 6.66.